The minimum absolute atomic E-state index is 0.583. The second-order valence-electron chi connectivity index (χ2n) is 3.44. The highest BCUT2D eigenvalue weighted by molar-refractivity contribution is 5.37. The van der Waals surface area contributed by atoms with Crippen molar-refractivity contribution in [2.75, 3.05) is 0 Å². The van der Waals surface area contributed by atoms with Crippen LogP contribution in [0.25, 0.3) is 6.20 Å². The van der Waals surface area contributed by atoms with Crippen LogP contribution in [0.3, 0.4) is 0 Å². The van der Waals surface area contributed by atoms with Gasteiger partial charge in [0.15, 0.2) is 0 Å². The van der Waals surface area contributed by atoms with E-state index in [0.29, 0.717) is 5.92 Å². The quantitative estimate of drug-likeness (QED) is 0.620. The van der Waals surface area contributed by atoms with Crippen LogP contribution >= 0.6 is 0 Å². The van der Waals surface area contributed by atoms with Crippen LogP contribution in [0.4, 0.5) is 0 Å². The molecule has 0 aromatic carbocycles. The van der Waals surface area contributed by atoms with Gasteiger partial charge in [-0.25, -0.2) is 4.98 Å². The van der Waals surface area contributed by atoms with E-state index >= 15 is 0 Å². The Labute approximate surface area is 72.9 Å². The molecule has 2 heterocycles. The fraction of sp³-hybridized carbons (Fsp3) is 0.500. The lowest BCUT2D eigenvalue weighted by Gasteiger charge is -2.19. The van der Waals surface area contributed by atoms with Crippen molar-refractivity contribution in [3.63, 3.8) is 0 Å². The SMILES string of the molecule is CCC1=Cn2ccnc2C(C)C1. The van der Waals surface area contributed by atoms with E-state index in [-0.39, 0.29) is 0 Å². The monoisotopic (exact) mass is 162 g/mol. The maximum Gasteiger partial charge on any atom is 0.115 e. The van der Waals surface area contributed by atoms with Gasteiger partial charge in [-0.05, 0) is 12.8 Å². The minimum atomic E-state index is 0.583. The summed E-state index contributed by atoms with van der Waals surface area (Å²) in [6.45, 7) is 4.45. The van der Waals surface area contributed by atoms with E-state index in [1.807, 2.05) is 12.4 Å². The molecule has 2 rings (SSSR count). The van der Waals surface area contributed by atoms with Crippen molar-refractivity contribution in [1.82, 2.24) is 9.55 Å². The Kier molecular flexibility index (Phi) is 1.75. The molecule has 0 radical (unpaired) electrons. The average Bonchev–Trinajstić information content (AvgIpc) is 2.52. The Bertz CT molecular complexity index is 309. The van der Waals surface area contributed by atoms with Gasteiger partial charge < -0.3 is 4.57 Å². The molecule has 0 N–H and O–H groups in total. The Hall–Kier alpha value is -1.05. The van der Waals surface area contributed by atoms with Gasteiger partial charge in [0.25, 0.3) is 0 Å². The number of allylic oxidation sites excluding steroid dienone is 1. The fourth-order valence-corrected chi connectivity index (χ4v) is 1.79. The smallest absolute Gasteiger partial charge is 0.115 e. The van der Waals surface area contributed by atoms with Crippen LogP contribution in [0.15, 0.2) is 18.0 Å². The molecule has 1 aliphatic heterocycles. The summed E-state index contributed by atoms with van der Waals surface area (Å²) < 4.78 is 2.15. The number of hydrogen-bond donors (Lipinski definition) is 0. The second-order valence-corrected chi connectivity index (χ2v) is 3.44. The highest BCUT2D eigenvalue weighted by Crippen LogP contribution is 2.28. The molecule has 0 saturated heterocycles. The van der Waals surface area contributed by atoms with Gasteiger partial charge in [0, 0.05) is 24.5 Å². The van der Waals surface area contributed by atoms with Crippen molar-refractivity contribution >= 4 is 6.20 Å². The van der Waals surface area contributed by atoms with Crippen LogP contribution in [0, 0.1) is 0 Å². The fourth-order valence-electron chi connectivity index (χ4n) is 1.79. The predicted molar refractivity (Wildman–Crippen MR) is 49.8 cm³/mol. The van der Waals surface area contributed by atoms with Gasteiger partial charge in [0.05, 0.1) is 0 Å². The second kappa shape index (κ2) is 2.77. The van der Waals surface area contributed by atoms with Crippen molar-refractivity contribution in [2.45, 2.75) is 32.6 Å². The maximum atomic E-state index is 4.32. The third-order valence-electron chi connectivity index (χ3n) is 2.48. The molecule has 12 heavy (non-hydrogen) atoms. The average molecular weight is 162 g/mol. The highest BCUT2D eigenvalue weighted by Gasteiger charge is 2.16. The molecule has 0 aliphatic carbocycles. The summed E-state index contributed by atoms with van der Waals surface area (Å²) in [5.41, 5.74) is 1.52. The van der Waals surface area contributed by atoms with Crippen LogP contribution in [0.1, 0.15) is 38.4 Å². The molecule has 1 aromatic heterocycles. The molecule has 64 valence electrons. The van der Waals surface area contributed by atoms with Gasteiger partial charge in [-0.15, -0.1) is 0 Å². The third-order valence-corrected chi connectivity index (χ3v) is 2.48. The number of hydrogen-bond acceptors (Lipinski definition) is 1. The van der Waals surface area contributed by atoms with Crippen molar-refractivity contribution < 1.29 is 0 Å². The minimum Gasteiger partial charge on any atom is -0.310 e. The lowest BCUT2D eigenvalue weighted by Crippen LogP contribution is -2.08. The van der Waals surface area contributed by atoms with E-state index in [0.717, 1.165) is 6.42 Å². The molecular weight excluding hydrogens is 148 g/mol. The highest BCUT2D eigenvalue weighted by atomic mass is 15.1. The van der Waals surface area contributed by atoms with Gasteiger partial charge in [-0.3, -0.25) is 0 Å². The summed E-state index contributed by atoms with van der Waals surface area (Å²) in [5, 5.41) is 0. The summed E-state index contributed by atoms with van der Waals surface area (Å²) in [6, 6.07) is 0. The van der Waals surface area contributed by atoms with Gasteiger partial charge in [0.1, 0.15) is 5.82 Å². The summed E-state index contributed by atoms with van der Waals surface area (Å²) in [7, 11) is 0. The number of rotatable bonds is 1. The first-order chi connectivity index (χ1) is 5.81. The number of aromatic nitrogens is 2. The lowest BCUT2D eigenvalue weighted by atomic mass is 9.97. The zero-order chi connectivity index (χ0) is 8.55. The van der Waals surface area contributed by atoms with E-state index in [9.17, 15) is 0 Å². The van der Waals surface area contributed by atoms with Crippen LogP contribution in [-0.4, -0.2) is 9.55 Å². The molecule has 0 spiro atoms. The molecule has 1 atom stereocenters. The van der Waals surface area contributed by atoms with Gasteiger partial charge in [-0.2, -0.15) is 0 Å². The summed E-state index contributed by atoms with van der Waals surface area (Å²) >= 11 is 0. The summed E-state index contributed by atoms with van der Waals surface area (Å²) in [4.78, 5) is 4.32. The van der Waals surface area contributed by atoms with Crippen LogP contribution in [-0.2, 0) is 0 Å². The number of fused-ring (bicyclic) bond motifs is 1. The van der Waals surface area contributed by atoms with E-state index < -0.39 is 0 Å². The molecule has 2 heteroatoms. The van der Waals surface area contributed by atoms with Crippen LogP contribution in [0.2, 0.25) is 0 Å². The van der Waals surface area contributed by atoms with E-state index in [4.69, 9.17) is 0 Å². The maximum absolute atomic E-state index is 4.32. The third kappa shape index (κ3) is 1.07. The van der Waals surface area contributed by atoms with Gasteiger partial charge in [-0.1, -0.05) is 19.4 Å². The number of nitrogens with zero attached hydrogens (tertiary/aromatic N) is 2. The lowest BCUT2D eigenvalue weighted by molar-refractivity contribution is 0.651. The Balaban J connectivity index is 2.42. The molecular formula is C10H14N2. The Morgan fingerprint density at radius 1 is 1.67 bits per heavy atom. The zero-order valence-electron chi connectivity index (χ0n) is 7.62. The molecule has 0 amide bonds. The van der Waals surface area contributed by atoms with Crippen LogP contribution < -0.4 is 0 Å². The first kappa shape index (κ1) is 7.59. The summed E-state index contributed by atoms with van der Waals surface area (Å²) in [5.74, 6) is 1.78. The van der Waals surface area contributed by atoms with Crippen LogP contribution in [0.5, 0.6) is 0 Å². The Morgan fingerprint density at radius 2 is 2.50 bits per heavy atom. The van der Waals surface area contributed by atoms with Crippen molar-refractivity contribution in [3.8, 4) is 0 Å². The summed E-state index contributed by atoms with van der Waals surface area (Å²) in [6.07, 6.45) is 8.44. The van der Waals surface area contributed by atoms with Crippen molar-refractivity contribution in [1.29, 1.82) is 0 Å². The molecule has 0 saturated carbocycles. The largest absolute Gasteiger partial charge is 0.310 e. The topological polar surface area (TPSA) is 17.8 Å². The predicted octanol–water partition coefficient (Wildman–Crippen LogP) is 2.64. The van der Waals surface area contributed by atoms with E-state index in [1.54, 1.807) is 0 Å². The molecule has 1 aliphatic rings. The first-order valence-corrected chi connectivity index (χ1v) is 4.53. The molecule has 2 nitrogen and oxygen atoms in total. The van der Waals surface area contributed by atoms with Gasteiger partial charge in [0.2, 0.25) is 0 Å². The molecule has 0 bridgehead atoms. The van der Waals surface area contributed by atoms with E-state index in [1.165, 1.54) is 17.8 Å². The first-order valence-electron chi connectivity index (χ1n) is 4.53. The number of imidazole rings is 1. The molecule has 0 fully saturated rings. The standard InChI is InChI=1S/C10H14N2/c1-3-9-6-8(2)10-11-4-5-12(10)7-9/h4-5,7-8H,3,6H2,1-2H3. The van der Waals surface area contributed by atoms with E-state index in [2.05, 4.69) is 29.6 Å². The zero-order valence-corrected chi connectivity index (χ0v) is 7.62. The van der Waals surface area contributed by atoms with Gasteiger partial charge >= 0.3 is 0 Å². The van der Waals surface area contributed by atoms with Crippen molar-refractivity contribution in [3.05, 3.63) is 23.8 Å². The molecule has 1 aromatic rings. The normalized spacial score (nSPS) is 21.8. The Morgan fingerprint density at radius 3 is 3.25 bits per heavy atom. The van der Waals surface area contributed by atoms with Crippen molar-refractivity contribution in [2.24, 2.45) is 0 Å². The molecule has 1 unspecified atom stereocenters.